The topological polar surface area (TPSA) is 0 Å². The molecule has 7 rings (SSSR count). The first-order chi connectivity index (χ1) is 18.6. The zero-order valence-electron chi connectivity index (χ0n) is 21.9. The van der Waals surface area contributed by atoms with Crippen molar-refractivity contribution in [2.24, 2.45) is 5.92 Å². The molecule has 38 heavy (non-hydrogen) atoms. The molecule has 0 amide bonds. The molecule has 0 N–H and O–H groups in total. The molecule has 0 heterocycles. The van der Waals surface area contributed by atoms with E-state index in [2.05, 4.69) is 139 Å². The summed E-state index contributed by atoms with van der Waals surface area (Å²) in [6.45, 7) is 4.29. The van der Waals surface area contributed by atoms with Crippen LogP contribution in [0.5, 0.6) is 0 Å². The van der Waals surface area contributed by atoms with E-state index in [4.69, 9.17) is 0 Å². The number of allylic oxidation sites excluding steroid dienone is 4. The molecular formula is C37H30Zr. The first-order valence-corrected chi connectivity index (χ1v) is 14.5. The molecule has 1 unspecified atom stereocenters. The van der Waals surface area contributed by atoms with Crippen LogP contribution in [0.3, 0.4) is 0 Å². The third-order valence-electron chi connectivity index (χ3n) is 6.95. The van der Waals surface area contributed by atoms with Crippen molar-refractivity contribution in [2.45, 2.75) is 20.3 Å². The van der Waals surface area contributed by atoms with E-state index in [0.29, 0.717) is 5.92 Å². The van der Waals surface area contributed by atoms with Crippen LogP contribution in [0.4, 0.5) is 0 Å². The number of hydrogen-bond donors (Lipinski definition) is 0. The van der Waals surface area contributed by atoms with Crippen LogP contribution < -0.4 is 0 Å². The third-order valence-corrected chi connectivity index (χ3v) is 7.71. The maximum atomic E-state index is 3.39. The van der Waals surface area contributed by atoms with Gasteiger partial charge < -0.3 is 0 Å². The Morgan fingerprint density at radius 3 is 2.26 bits per heavy atom. The summed E-state index contributed by atoms with van der Waals surface area (Å²) < 4.78 is 2.23. The van der Waals surface area contributed by atoms with Crippen molar-refractivity contribution >= 4 is 20.1 Å². The van der Waals surface area contributed by atoms with Gasteiger partial charge in [0.2, 0.25) is 0 Å². The van der Waals surface area contributed by atoms with Gasteiger partial charge in [0.05, 0.1) is 0 Å². The molecule has 5 aromatic carbocycles. The van der Waals surface area contributed by atoms with Crippen LogP contribution in [0.2, 0.25) is 0 Å². The number of rotatable bonds is 2. The van der Waals surface area contributed by atoms with E-state index >= 15 is 0 Å². The van der Waals surface area contributed by atoms with Gasteiger partial charge in [0, 0.05) is 0 Å². The van der Waals surface area contributed by atoms with Crippen molar-refractivity contribution in [3.8, 4) is 11.1 Å². The third kappa shape index (κ3) is 6.01. The fraction of sp³-hybridized carbons (Fsp3) is 0.108. The Bertz CT molecular complexity index is 1570. The van der Waals surface area contributed by atoms with Crippen molar-refractivity contribution < 1.29 is 24.2 Å². The largest absolute Gasteiger partial charge is 0.179 e. The molecule has 182 valence electrons. The van der Waals surface area contributed by atoms with E-state index < -0.39 is 0 Å². The number of fused-ring (bicyclic) bond motifs is 4. The van der Waals surface area contributed by atoms with Crippen molar-refractivity contribution in [1.82, 2.24) is 0 Å². The summed E-state index contributed by atoms with van der Waals surface area (Å²) in [7, 11) is 0. The molecule has 2 aliphatic carbocycles. The van der Waals surface area contributed by atoms with Crippen LogP contribution in [-0.2, 0) is 30.7 Å². The molecular weight excluding hydrogens is 536 g/mol. The van der Waals surface area contributed by atoms with Gasteiger partial charge in [-0.3, -0.25) is 6.08 Å². The van der Waals surface area contributed by atoms with Gasteiger partial charge >= 0.3 is 86.7 Å². The fourth-order valence-corrected chi connectivity index (χ4v) is 5.76. The van der Waals surface area contributed by atoms with Gasteiger partial charge in [-0.05, 0) is 6.42 Å². The van der Waals surface area contributed by atoms with Gasteiger partial charge in [-0.1, -0.05) is 85.5 Å². The zero-order valence-corrected chi connectivity index (χ0v) is 24.4. The summed E-state index contributed by atoms with van der Waals surface area (Å²) in [5.41, 5.74) is 10.8. The van der Waals surface area contributed by atoms with Crippen LogP contribution in [0.25, 0.3) is 27.5 Å². The summed E-state index contributed by atoms with van der Waals surface area (Å²) in [5.74, 6) is 0.468. The predicted octanol–water partition coefficient (Wildman–Crippen LogP) is 9.06. The standard InChI is InChI=1S/C13H9.C13H13.C11H8.Zr/c1-3-7-12-10(5-1)9-11-6-2-4-8-13(11)12;1-10-8-11(2)13(9-10)12-6-4-3-5-7-12;1-9-5-4-7-10-6-2-3-8-11(9)10;/h1-5,7-8H,9H2;3-7,9-10H,1-2H3;1-8H;/q2*-1;;+2. The minimum Gasteiger partial charge on any atom is -0.179 e. The van der Waals surface area contributed by atoms with E-state index in [1.54, 1.807) is 0 Å². The van der Waals surface area contributed by atoms with Gasteiger partial charge in [-0.2, -0.15) is 41.5 Å². The molecule has 0 radical (unpaired) electrons. The van der Waals surface area contributed by atoms with E-state index in [9.17, 15) is 0 Å². The molecule has 2 aliphatic rings. The van der Waals surface area contributed by atoms with E-state index in [-0.39, 0.29) is 0 Å². The molecule has 5 aromatic rings. The number of hydrogen-bond acceptors (Lipinski definition) is 0. The molecule has 0 fully saturated rings. The molecule has 0 aromatic heterocycles. The summed E-state index contributed by atoms with van der Waals surface area (Å²) in [4.78, 5) is 0. The summed E-state index contributed by atoms with van der Waals surface area (Å²) >= 11 is 1.46. The summed E-state index contributed by atoms with van der Waals surface area (Å²) in [5, 5.41) is 2.69. The van der Waals surface area contributed by atoms with Gasteiger partial charge in [0.25, 0.3) is 0 Å². The van der Waals surface area contributed by atoms with Gasteiger partial charge in [-0.15, -0.1) is 11.1 Å². The Hall–Kier alpha value is -3.41. The van der Waals surface area contributed by atoms with Crippen LogP contribution in [0.1, 0.15) is 36.1 Å². The zero-order chi connectivity index (χ0) is 26.3. The monoisotopic (exact) mass is 564 g/mol. The average molecular weight is 566 g/mol. The molecule has 1 heteroatoms. The normalized spacial score (nSPS) is 14.7. The molecule has 0 nitrogen and oxygen atoms in total. The van der Waals surface area contributed by atoms with E-state index in [0.717, 1.165) is 6.42 Å². The Morgan fingerprint density at radius 2 is 1.47 bits per heavy atom. The Balaban J connectivity index is 0.000000116. The van der Waals surface area contributed by atoms with Crippen LogP contribution in [0.15, 0.2) is 127 Å². The molecule has 0 aliphatic heterocycles. The molecule has 1 atom stereocenters. The van der Waals surface area contributed by atoms with Crippen molar-refractivity contribution in [3.05, 3.63) is 161 Å². The second-order valence-electron chi connectivity index (χ2n) is 9.61. The molecule has 0 saturated heterocycles. The SMILES string of the molecule is CC1=[C-]C(C)C=C1c1ccccc1.[Zr+2]=[CH]c1cccc2ccccc12.[c-]1cccc2c1Cc1ccccc1-2. The minimum atomic E-state index is 0.468. The minimum absolute atomic E-state index is 0.468. The van der Waals surface area contributed by atoms with Crippen molar-refractivity contribution in [2.75, 3.05) is 0 Å². The number of benzene rings is 5. The fourth-order valence-electron chi connectivity index (χ4n) is 5.14. The van der Waals surface area contributed by atoms with E-state index in [1.807, 2.05) is 12.1 Å². The van der Waals surface area contributed by atoms with Gasteiger partial charge in [-0.25, -0.2) is 5.57 Å². The van der Waals surface area contributed by atoms with Crippen molar-refractivity contribution in [3.63, 3.8) is 0 Å². The maximum absolute atomic E-state index is 3.39. The summed E-state index contributed by atoms with van der Waals surface area (Å²) in [6, 6.07) is 43.5. The van der Waals surface area contributed by atoms with E-state index in [1.165, 1.54) is 79.5 Å². The van der Waals surface area contributed by atoms with Gasteiger partial charge in [0.1, 0.15) is 0 Å². The van der Waals surface area contributed by atoms with Crippen LogP contribution >= 0.6 is 0 Å². The van der Waals surface area contributed by atoms with Crippen molar-refractivity contribution in [1.29, 1.82) is 0 Å². The molecule has 0 saturated carbocycles. The average Bonchev–Trinajstić information content (AvgIpc) is 3.52. The predicted molar refractivity (Wildman–Crippen MR) is 159 cm³/mol. The Labute approximate surface area is 241 Å². The second kappa shape index (κ2) is 12.4. The molecule has 0 bridgehead atoms. The first kappa shape index (κ1) is 26.2. The maximum Gasteiger partial charge on any atom is -0.0253 e. The van der Waals surface area contributed by atoms with Crippen LogP contribution in [0, 0.1) is 18.1 Å². The van der Waals surface area contributed by atoms with Gasteiger partial charge in [0.15, 0.2) is 0 Å². The Kier molecular flexibility index (Phi) is 8.57. The smallest absolute Gasteiger partial charge is 0.0253 e. The summed E-state index contributed by atoms with van der Waals surface area (Å²) in [6.07, 6.45) is 6.71. The van der Waals surface area contributed by atoms with Crippen LogP contribution in [-0.4, -0.2) is 3.71 Å². The molecule has 0 spiro atoms. The first-order valence-electron chi connectivity index (χ1n) is 13.1. The Morgan fingerprint density at radius 1 is 0.763 bits per heavy atom. The second-order valence-corrected chi connectivity index (χ2v) is 10.3. The quantitative estimate of drug-likeness (QED) is 0.184.